The van der Waals surface area contributed by atoms with Crippen molar-refractivity contribution >= 4 is 22.6 Å². The molecule has 0 atom stereocenters. The first-order valence-corrected chi connectivity index (χ1v) is 11.5. The number of hydrogen-bond acceptors (Lipinski definition) is 6. The molecule has 1 amide bonds. The van der Waals surface area contributed by atoms with Crippen molar-refractivity contribution in [2.45, 2.75) is 13.0 Å². The number of ether oxygens (including phenoxy) is 1. The first kappa shape index (κ1) is 23.6. The van der Waals surface area contributed by atoms with Gasteiger partial charge in [-0.05, 0) is 49.4 Å². The number of hydrogen-bond donors (Lipinski definition) is 1. The van der Waals surface area contributed by atoms with Crippen LogP contribution < -0.4 is 26.1 Å². The second-order valence-electron chi connectivity index (χ2n) is 8.47. The summed E-state index contributed by atoms with van der Waals surface area (Å²) in [6.07, 6.45) is 0.820. The molecule has 180 valence electrons. The van der Waals surface area contributed by atoms with Crippen molar-refractivity contribution in [1.82, 2.24) is 19.4 Å². The predicted octanol–water partition coefficient (Wildman–Crippen LogP) is 1.04. The molecule has 1 saturated heterocycles. The number of para-hydroxylation sites is 2. The van der Waals surface area contributed by atoms with Crippen LogP contribution in [0.15, 0.2) is 58.1 Å². The molecule has 0 spiro atoms. The van der Waals surface area contributed by atoms with Gasteiger partial charge in [0.1, 0.15) is 12.3 Å². The van der Waals surface area contributed by atoms with Crippen molar-refractivity contribution in [3.05, 3.63) is 69.2 Å². The van der Waals surface area contributed by atoms with Gasteiger partial charge in [0.05, 0.1) is 18.1 Å². The minimum Gasteiger partial charge on any atom is -0.497 e. The standard InChI is InChI=1S/C25H31N5O4/c1-27-21-6-3-4-7-22(21)30(25(33)24(27)32)18-23(31)26-12-5-13-28-14-16-29(17-15-28)19-8-10-20(34-2)11-9-19/h3-4,6-11H,5,12-18H2,1-2H3,(H,26,31). The van der Waals surface area contributed by atoms with E-state index in [1.807, 2.05) is 12.1 Å². The number of anilines is 1. The molecule has 9 nitrogen and oxygen atoms in total. The van der Waals surface area contributed by atoms with Crippen LogP contribution in [-0.4, -0.2) is 66.3 Å². The van der Waals surface area contributed by atoms with Crippen molar-refractivity contribution in [3.63, 3.8) is 0 Å². The van der Waals surface area contributed by atoms with Gasteiger partial charge in [-0.25, -0.2) is 0 Å². The molecule has 0 radical (unpaired) electrons. The Hall–Kier alpha value is -3.59. The third kappa shape index (κ3) is 5.14. The average Bonchev–Trinajstić information content (AvgIpc) is 2.88. The summed E-state index contributed by atoms with van der Waals surface area (Å²) in [4.78, 5) is 42.0. The zero-order valence-corrected chi connectivity index (χ0v) is 19.7. The minimum atomic E-state index is -0.689. The Labute approximate surface area is 198 Å². The summed E-state index contributed by atoms with van der Waals surface area (Å²) in [6, 6.07) is 15.2. The van der Waals surface area contributed by atoms with E-state index in [1.54, 1.807) is 38.4 Å². The number of piperazine rings is 1. The number of fused-ring (bicyclic) bond motifs is 1. The van der Waals surface area contributed by atoms with Gasteiger partial charge in [0.25, 0.3) is 0 Å². The Morgan fingerprint density at radius 2 is 1.62 bits per heavy atom. The minimum absolute atomic E-state index is 0.171. The molecule has 3 aromatic rings. The average molecular weight is 466 g/mol. The summed E-state index contributed by atoms with van der Waals surface area (Å²) in [7, 11) is 3.23. The van der Waals surface area contributed by atoms with Crippen molar-refractivity contribution < 1.29 is 9.53 Å². The van der Waals surface area contributed by atoms with Gasteiger partial charge in [-0.3, -0.25) is 23.9 Å². The number of methoxy groups -OCH3 is 1. The Morgan fingerprint density at radius 1 is 0.941 bits per heavy atom. The zero-order chi connectivity index (χ0) is 24.1. The number of rotatable bonds is 8. The summed E-state index contributed by atoms with van der Waals surface area (Å²) in [5.74, 6) is 0.585. The first-order chi connectivity index (χ1) is 16.5. The van der Waals surface area contributed by atoms with Gasteiger partial charge in [-0.1, -0.05) is 12.1 Å². The van der Waals surface area contributed by atoms with Gasteiger partial charge in [-0.15, -0.1) is 0 Å². The van der Waals surface area contributed by atoms with Gasteiger partial charge in [0.2, 0.25) is 5.91 Å². The van der Waals surface area contributed by atoms with Crippen LogP contribution in [0.3, 0.4) is 0 Å². The Morgan fingerprint density at radius 3 is 2.29 bits per heavy atom. The highest BCUT2D eigenvalue weighted by Gasteiger charge is 2.17. The van der Waals surface area contributed by atoms with Gasteiger partial charge >= 0.3 is 11.1 Å². The maximum Gasteiger partial charge on any atom is 0.317 e. The molecule has 1 aliphatic rings. The van der Waals surface area contributed by atoms with E-state index in [0.29, 0.717) is 17.6 Å². The van der Waals surface area contributed by atoms with Crippen LogP contribution in [0, 0.1) is 0 Å². The monoisotopic (exact) mass is 465 g/mol. The second-order valence-corrected chi connectivity index (χ2v) is 8.47. The summed E-state index contributed by atoms with van der Waals surface area (Å²) in [5, 5.41) is 2.89. The normalized spacial score (nSPS) is 14.4. The number of aryl methyl sites for hydroxylation is 1. The molecule has 2 aromatic carbocycles. The van der Waals surface area contributed by atoms with Gasteiger partial charge in [-0.2, -0.15) is 0 Å². The molecule has 2 heterocycles. The molecular weight excluding hydrogens is 434 g/mol. The molecule has 0 aliphatic carbocycles. The number of amides is 1. The van der Waals surface area contributed by atoms with E-state index in [0.717, 1.165) is 44.9 Å². The number of carbonyl (C=O) groups excluding carboxylic acids is 1. The third-order valence-corrected chi connectivity index (χ3v) is 6.35. The van der Waals surface area contributed by atoms with E-state index in [9.17, 15) is 14.4 Å². The van der Waals surface area contributed by atoms with E-state index in [2.05, 4.69) is 27.2 Å². The molecule has 0 bridgehead atoms. The van der Waals surface area contributed by atoms with Crippen LogP contribution >= 0.6 is 0 Å². The second kappa shape index (κ2) is 10.6. The lowest BCUT2D eigenvalue weighted by atomic mass is 10.2. The number of benzene rings is 2. The number of aromatic nitrogens is 2. The maximum absolute atomic E-state index is 12.5. The zero-order valence-electron chi connectivity index (χ0n) is 19.7. The highest BCUT2D eigenvalue weighted by molar-refractivity contribution is 5.80. The van der Waals surface area contributed by atoms with Crippen LogP contribution in [0.1, 0.15) is 6.42 Å². The fourth-order valence-corrected chi connectivity index (χ4v) is 4.36. The smallest absolute Gasteiger partial charge is 0.317 e. The summed E-state index contributed by atoms with van der Waals surface area (Å²) >= 11 is 0. The highest BCUT2D eigenvalue weighted by atomic mass is 16.5. The third-order valence-electron chi connectivity index (χ3n) is 6.35. The lowest BCUT2D eigenvalue weighted by Gasteiger charge is -2.36. The van der Waals surface area contributed by atoms with Crippen LogP contribution in [0.4, 0.5) is 5.69 Å². The molecule has 9 heteroatoms. The Kier molecular flexibility index (Phi) is 7.32. The number of nitrogens with one attached hydrogen (secondary N) is 1. The lowest BCUT2D eigenvalue weighted by molar-refractivity contribution is -0.121. The van der Waals surface area contributed by atoms with Crippen molar-refractivity contribution in [2.75, 3.05) is 51.3 Å². The molecule has 0 unspecified atom stereocenters. The molecule has 1 aromatic heterocycles. The van der Waals surface area contributed by atoms with Crippen molar-refractivity contribution in [1.29, 1.82) is 0 Å². The van der Waals surface area contributed by atoms with Crippen LogP contribution in [0.2, 0.25) is 0 Å². The van der Waals surface area contributed by atoms with Gasteiger partial charge < -0.3 is 19.5 Å². The molecule has 1 N–H and O–H groups in total. The topological polar surface area (TPSA) is 88.8 Å². The first-order valence-electron chi connectivity index (χ1n) is 11.5. The molecule has 4 rings (SSSR count). The van der Waals surface area contributed by atoms with Crippen LogP contribution in [0.25, 0.3) is 11.0 Å². The quantitative estimate of drug-likeness (QED) is 0.395. The predicted molar refractivity (Wildman–Crippen MR) is 133 cm³/mol. The Bertz CT molecular complexity index is 1260. The van der Waals surface area contributed by atoms with E-state index in [4.69, 9.17) is 4.74 Å². The summed E-state index contributed by atoms with van der Waals surface area (Å²) < 4.78 is 7.80. The molecule has 1 aliphatic heterocycles. The molecule has 0 saturated carbocycles. The molecular formula is C25H31N5O4. The SMILES string of the molecule is COc1ccc(N2CCN(CCCNC(=O)Cn3c(=O)c(=O)n(C)c4ccccc43)CC2)cc1. The lowest BCUT2D eigenvalue weighted by Crippen LogP contribution is -2.47. The fourth-order valence-electron chi connectivity index (χ4n) is 4.36. The highest BCUT2D eigenvalue weighted by Crippen LogP contribution is 2.20. The number of nitrogens with zero attached hydrogens (tertiary/aromatic N) is 4. The molecule has 34 heavy (non-hydrogen) atoms. The van der Waals surface area contributed by atoms with E-state index in [1.165, 1.54) is 14.8 Å². The van der Waals surface area contributed by atoms with Crippen LogP contribution in [0.5, 0.6) is 5.75 Å². The largest absolute Gasteiger partial charge is 0.497 e. The van der Waals surface area contributed by atoms with Crippen molar-refractivity contribution in [3.8, 4) is 5.75 Å². The van der Waals surface area contributed by atoms with Gasteiger partial charge in [0.15, 0.2) is 0 Å². The van der Waals surface area contributed by atoms with E-state index < -0.39 is 11.1 Å². The Balaban J connectivity index is 1.23. The van der Waals surface area contributed by atoms with Crippen LogP contribution in [-0.2, 0) is 18.4 Å². The maximum atomic E-state index is 12.5. The van der Waals surface area contributed by atoms with Gasteiger partial charge in [0, 0.05) is 45.5 Å². The molecule has 1 fully saturated rings. The fraction of sp³-hybridized carbons (Fsp3) is 0.400. The summed E-state index contributed by atoms with van der Waals surface area (Å²) in [6.45, 7) is 5.09. The van der Waals surface area contributed by atoms with E-state index >= 15 is 0 Å². The van der Waals surface area contributed by atoms with E-state index in [-0.39, 0.29) is 12.5 Å². The number of carbonyl (C=O) groups is 1. The summed E-state index contributed by atoms with van der Waals surface area (Å²) in [5.41, 5.74) is 1.06. The van der Waals surface area contributed by atoms with Crippen molar-refractivity contribution in [2.24, 2.45) is 7.05 Å².